The van der Waals surface area contributed by atoms with E-state index in [0.29, 0.717) is 12.5 Å². The van der Waals surface area contributed by atoms with Crippen LogP contribution >= 0.6 is 23.5 Å². The van der Waals surface area contributed by atoms with Gasteiger partial charge in [-0.15, -0.1) is 11.8 Å². The number of carbonyl (C=O) groups is 4. The highest BCUT2D eigenvalue weighted by atomic mass is 32.2. The predicted octanol–water partition coefficient (Wildman–Crippen LogP) is 5.35. The third-order valence-corrected chi connectivity index (χ3v) is 8.39. The largest absolute Gasteiger partial charge is 0.352 e. The van der Waals surface area contributed by atoms with Gasteiger partial charge in [-0.05, 0) is 98.7 Å². The van der Waals surface area contributed by atoms with Gasteiger partial charge in [-0.25, -0.2) is 9.97 Å². The lowest BCUT2D eigenvalue weighted by Crippen LogP contribution is -2.47. The van der Waals surface area contributed by atoms with Crippen LogP contribution in [0.3, 0.4) is 0 Å². The second-order valence-corrected chi connectivity index (χ2v) is 14.3. The highest BCUT2D eigenvalue weighted by molar-refractivity contribution is 7.98. The summed E-state index contributed by atoms with van der Waals surface area (Å²) in [6, 6.07) is 17.0. The van der Waals surface area contributed by atoms with Gasteiger partial charge in [0, 0.05) is 47.5 Å². The number of nitrogens with one attached hydrogen (secondary N) is 5. The molecule has 1 heterocycles. The molecule has 0 radical (unpaired) electrons. The summed E-state index contributed by atoms with van der Waals surface area (Å²) in [7, 11) is -4.08. The molecule has 0 fully saturated rings. The molecule has 0 unspecified atom stereocenters. The van der Waals surface area contributed by atoms with Crippen molar-refractivity contribution in [1.29, 1.82) is 0 Å². The van der Waals surface area contributed by atoms with Crippen molar-refractivity contribution in [3.8, 4) is 0 Å². The molecule has 54 heavy (non-hydrogen) atoms. The van der Waals surface area contributed by atoms with Gasteiger partial charge in [0.25, 0.3) is 10.1 Å². The van der Waals surface area contributed by atoms with Gasteiger partial charge in [0.1, 0.15) is 0 Å². The minimum Gasteiger partial charge on any atom is -0.352 e. The number of rotatable bonds is 16. The summed E-state index contributed by atoms with van der Waals surface area (Å²) in [5.74, 6) is 0.0452. The molecule has 0 aliphatic rings. The molecule has 4 amide bonds. The number of thioether (sulfide) groups is 2. The van der Waals surface area contributed by atoms with Gasteiger partial charge in [0.05, 0.1) is 11.3 Å². The molecule has 0 spiro atoms. The zero-order valence-corrected chi connectivity index (χ0v) is 33.3. The molecule has 0 atom stereocenters. The van der Waals surface area contributed by atoms with Gasteiger partial charge in [-0.3, -0.25) is 23.7 Å². The molecular weight excluding hydrogens is 751 g/mol. The third-order valence-electron chi connectivity index (χ3n) is 5.95. The summed E-state index contributed by atoms with van der Waals surface area (Å²) in [6.45, 7) is 17.6. The molecule has 2 aromatic carbocycles. The SMILES string of the molecule is C=CC(=O)NC(C)(C)CS(=O)(=O)O.C=CC(=O)NCCSC.C=CC(=O)Nc1ccc(CNc2ncccn2)cc1.C=CC(=O)Nc1ccc(SC)cc1. The molecule has 14 nitrogen and oxygen atoms in total. The minimum absolute atomic E-state index is 0.0935. The predicted molar refractivity (Wildman–Crippen MR) is 222 cm³/mol. The van der Waals surface area contributed by atoms with E-state index in [1.54, 1.807) is 42.0 Å². The van der Waals surface area contributed by atoms with E-state index in [9.17, 15) is 27.6 Å². The Kier molecular flexibility index (Phi) is 24.7. The number of anilines is 3. The number of hydrogen-bond donors (Lipinski definition) is 6. The van der Waals surface area contributed by atoms with Gasteiger partial charge in [0.2, 0.25) is 29.6 Å². The number of carbonyl (C=O) groups excluding carboxylic acids is 4. The fourth-order valence-corrected chi connectivity index (χ4v) is 5.26. The van der Waals surface area contributed by atoms with Crippen LogP contribution in [0, 0.1) is 0 Å². The van der Waals surface area contributed by atoms with Crippen molar-refractivity contribution in [2.75, 3.05) is 46.5 Å². The maximum absolute atomic E-state index is 11.1. The fourth-order valence-electron chi connectivity index (χ4n) is 3.56. The molecule has 0 aliphatic carbocycles. The molecule has 1 aromatic heterocycles. The number of hydrogen-bond acceptors (Lipinski definition) is 11. The second-order valence-electron chi connectivity index (χ2n) is 11.0. The van der Waals surface area contributed by atoms with Crippen molar-refractivity contribution >= 4 is 74.6 Å². The lowest BCUT2D eigenvalue weighted by atomic mass is 10.1. The van der Waals surface area contributed by atoms with E-state index in [1.807, 2.05) is 61.0 Å². The van der Waals surface area contributed by atoms with Gasteiger partial charge in [-0.2, -0.15) is 20.2 Å². The summed E-state index contributed by atoms with van der Waals surface area (Å²) in [6.07, 6.45) is 12.2. The van der Waals surface area contributed by atoms with Gasteiger partial charge in [0.15, 0.2) is 0 Å². The first kappa shape index (κ1) is 48.8. The molecule has 292 valence electrons. The Morgan fingerprint density at radius 1 is 0.778 bits per heavy atom. The first-order chi connectivity index (χ1) is 25.5. The van der Waals surface area contributed by atoms with Crippen molar-refractivity contribution in [1.82, 2.24) is 20.6 Å². The second kappa shape index (κ2) is 27.4. The average Bonchev–Trinajstić information content (AvgIpc) is 3.14. The van der Waals surface area contributed by atoms with E-state index in [2.05, 4.69) is 62.9 Å². The van der Waals surface area contributed by atoms with E-state index in [1.165, 1.54) is 37.0 Å². The summed E-state index contributed by atoms with van der Waals surface area (Å²) >= 11 is 3.37. The van der Waals surface area contributed by atoms with Crippen molar-refractivity contribution < 1.29 is 32.1 Å². The lowest BCUT2D eigenvalue weighted by Gasteiger charge is -2.23. The lowest BCUT2D eigenvalue weighted by molar-refractivity contribution is -0.118. The maximum atomic E-state index is 11.1. The fraction of sp³-hybridized carbons (Fsp3) is 0.243. The van der Waals surface area contributed by atoms with E-state index in [-0.39, 0.29) is 17.7 Å². The van der Waals surface area contributed by atoms with Crippen molar-refractivity contribution in [3.05, 3.63) is 123 Å². The van der Waals surface area contributed by atoms with E-state index < -0.39 is 27.3 Å². The summed E-state index contributed by atoms with van der Waals surface area (Å²) in [4.78, 5) is 52.6. The topological polar surface area (TPSA) is 209 Å². The van der Waals surface area contributed by atoms with E-state index >= 15 is 0 Å². The van der Waals surface area contributed by atoms with Crippen LogP contribution in [0.4, 0.5) is 17.3 Å². The van der Waals surface area contributed by atoms with Crippen LogP contribution in [-0.2, 0) is 35.8 Å². The Morgan fingerprint density at radius 2 is 1.26 bits per heavy atom. The number of aromatic nitrogens is 2. The van der Waals surface area contributed by atoms with Crippen LogP contribution in [0.1, 0.15) is 19.4 Å². The normalized spacial score (nSPS) is 10.0. The zero-order chi connectivity index (χ0) is 41.0. The summed E-state index contributed by atoms with van der Waals surface area (Å²) in [5.41, 5.74) is 1.61. The molecule has 3 rings (SSSR count). The van der Waals surface area contributed by atoms with Crippen LogP contribution in [0.2, 0.25) is 0 Å². The Hall–Kier alpha value is -5.23. The smallest absolute Gasteiger partial charge is 0.267 e. The Balaban J connectivity index is 0.000000720. The van der Waals surface area contributed by atoms with Gasteiger partial charge in [-0.1, -0.05) is 38.4 Å². The Morgan fingerprint density at radius 3 is 1.69 bits per heavy atom. The monoisotopic (exact) mass is 799 g/mol. The highest BCUT2D eigenvalue weighted by Gasteiger charge is 2.25. The van der Waals surface area contributed by atoms with E-state index in [4.69, 9.17) is 4.55 Å². The summed E-state index contributed by atoms with van der Waals surface area (Å²) in [5, 5.41) is 13.5. The Labute approximate surface area is 326 Å². The van der Waals surface area contributed by atoms with Crippen LogP contribution in [0.25, 0.3) is 0 Å². The van der Waals surface area contributed by atoms with Crippen LogP contribution < -0.4 is 26.6 Å². The third kappa shape index (κ3) is 25.7. The molecule has 0 saturated heterocycles. The van der Waals surface area contributed by atoms with Gasteiger partial charge < -0.3 is 26.6 Å². The van der Waals surface area contributed by atoms with Crippen molar-refractivity contribution in [3.63, 3.8) is 0 Å². The first-order valence-electron chi connectivity index (χ1n) is 15.9. The maximum Gasteiger partial charge on any atom is 0.267 e. The number of benzene rings is 2. The quantitative estimate of drug-likeness (QED) is 0.0469. The first-order valence-corrected chi connectivity index (χ1v) is 20.1. The number of nitrogens with zero attached hydrogens (tertiary/aromatic N) is 2. The van der Waals surface area contributed by atoms with Crippen molar-refractivity contribution in [2.45, 2.75) is 30.8 Å². The Bertz CT molecular complexity index is 1750. The molecule has 17 heteroatoms. The van der Waals surface area contributed by atoms with Gasteiger partial charge >= 0.3 is 0 Å². The molecular formula is C37H49N7O7S3. The van der Waals surface area contributed by atoms with Crippen molar-refractivity contribution in [2.24, 2.45) is 0 Å². The van der Waals surface area contributed by atoms with Crippen LogP contribution in [0.5, 0.6) is 0 Å². The van der Waals surface area contributed by atoms with Crippen LogP contribution in [-0.4, -0.2) is 82.7 Å². The highest BCUT2D eigenvalue weighted by Crippen LogP contribution is 2.17. The minimum atomic E-state index is -4.08. The molecule has 0 saturated carbocycles. The molecule has 0 aliphatic heterocycles. The number of amides is 4. The van der Waals surface area contributed by atoms with E-state index in [0.717, 1.165) is 35.3 Å². The molecule has 3 aromatic rings. The standard InChI is InChI=1S/C14H14N4O.C10H11NOS.C7H13NO4S.C6H11NOS/c1-2-13(19)18-12-6-4-11(5-7-12)10-17-14-15-8-3-9-16-14;1-3-10(12)11-8-4-6-9(13-2)7-5-8;1-4-6(9)8-7(2,3)5-13(10,11)12;1-3-6(8)7-4-5-9-2/h2-9H,1,10H2,(H,18,19)(H,15,16,17);3-7H,1H2,2H3,(H,11,12);4H,1,5H2,2-3H3,(H,8,9)(H,10,11,12);3H,1,4-5H2,2H3,(H,7,8). The average molecular weight is 800 g/mol. The summed E-state index contributed by atoms with van der Waals surface area (Å²) < 4.78 is 29.5. The molecule has 6 N–H and O–H groups in total. The molecule has 0 bridgehead atoms. The zero-order valence-electron chi connectivity index (χ0n) is 30.8. The van der Waals surface area contributed by atoms with Crippen LogP contribution in [0.15, 0.2) is 123 Å².